The fraction of sp³-hybridized carbons (Fsp3) is 0.333. The Morgan fingerprint density at radius 3 is 2.43 bits per heavy atom. The summed E-state index contributed by atoms with van der Waals surface area (Å²) in [6.07, 6.45) is 2.13. The van der Waals surface area contributed by atoms with Crippen LogP contribution in [-0.4, -0.2) is 9.96 Å². The maximum atomic E-state index is 11.9. The Morgan fingerprint density at radius 2 is 1.76 bits per heavy atom. The minimum absolute atomic E-state index is 0.541. The van der Waals surface area contributed by atoms with E-state index >= 15 is 0 Å². The Labute approximate surface area is 129 Å². The zero-order valence-corrected chi connectivity index (χ0v) is 13.4. The van der Waals surface area contributed by atoms with Gasteiger partial charge in [-0.2, -0.15) is 0 Å². The van der Waals surface area contributed by atoms with Crippen LogP contribution in [0.3, 0.4) is 0 Å². The zero-order chi connectivity index (χ0) is 15.1. The average Bonchev–Trinajstić information content (AvgIpc) is 2.53. The molecule has 0 spiro atoms. The van der Waals surface area contributed by atoms with Gasteiger partial charge in [0.15, 0.2) is 0 Å². The van der Waals surface area contributed by atoms with Crippen LogP contribution in [0.5, 0.6) is 0 Å². The van der Waals surface area contributed by atoms with Gasteiger partial charge in [0.25, 0.3) is 0 Å². The van der Waals surface area contributed by atoms with Crippen molar-refractivity contribution in [3.8, 4) is 11.1 Å². The van der Waals surface area contributed by atoms with Crippen LogP contribution in [-0.2, 0) is 23.1 Å². The molecule has 1 atom stereocenters. The highest BCUT2D eigenvalue weighted by molar-refractivity contribution is 7.84. The van der Waals surface area contributed by atoms with Crippen molar-refractivity contribution in [2.75, 3.05) is 5.75 Å². The van der Waals surface area contributed by atoms with Gasteiger partial charge in [0.05, 0.1) is 0 Å². The van der Waals surface area contributed by atoms with Crippen molar-refractivity contribution in [1.82, 2.24) is 0 Å². The number of hydrogen-bond acceptors (Lipinski definition) is 2. The lowest BCUT2D eigenvalue weighted by Gasteiger charge is -2.09. The van der Waals surface area contributed by atoms with Gasteiger partial charge in [-0.1, -0.05) is 61.9 Å². The third-order valence-electron chi connectivity index (χ3n) is 3.56. The molecule has 2 rings (SSSR count). The third-order valence-corrected chi connectivity index (χ3v) is 4.95. The average molecular weight is 301 g/mol. The summed E-state index contributed by atoms with van der Waals surface area (Å²) in [5.41, 5.74) is 10.4. The van der Waals surface area contributed by atoms with E-state index in [1.165, 1.54) is 11.1 Å². The minimum Gasteiger partial charge on any atom is -0.326 e. The molecule has 21 heavy (non-hydrogen) atoms. The molecule has 0 aliphatic heterocycles. The molecule has 2 aromatic rings. The van der Waals surface area contributed by atoms with Crippen LogP contribution in [0.4, 0.5) is 0 Å². The van der Waals surface area contributed by atoms with Crippen LogP contribution in [0.2, 0.25) is 0 Å². The van der Waals surface area contributed by atoms with Crippen LogP contribution in [0, 0.1) is 0 Å². The maximum Gasteiger partial charge on any atom is 0.0485 e. The van der Waals surface area contributed by atoms with E-state index in [0.717, 1.165) is 29.7 Å². The lowest BCUT2D eigenvalue weighted by Crippen LogP contribution is -2.01. The first kappa shape index (κ1) is 15.9. The van der Waals surface area contributed by atoms with E-state index in [0.29, 0.717) is 12.3 Å². The monoisotopic (exact) mass is 301 g/mol. The molecule has 0 amide bonds. The summed E-state index contributed by atoms with van der Waals surface area (Å²) in [4.78, 5) is 0. The molecule has 1 unspecified atom stereocenters. The van der Waals surface area contributed by atoms with Crippen molar-refractivity contribution in [2.24, 2.45) is 5.73 Å². The van der Waals surface area contributed by atoms with E-state index in [1.807, 2.05) is 12.1 Å². The van der Waals surface area contributed by atoms with Crippen molar-refractivity contribution in [3.63, 3.8) is 0 Å². The second kappa shape index (κ2) is 8.11. The van der Waals surface area contributed by atoms with Crippen LogP contribution < -0.4 is 5.73 Å². The lowest BCUT2D eigenvalue weighted by molar-refractivity contribution is 0.679. The molecule has 0 fully saturated rings. The highest BCUT2D eigenvalue weighted by atomic mass is 32.2. The standard InChI is InChI=1S/C18H23NOS/c1-2-3-12-21(20)14-15-8-10-16(11-9-15)18-7-5-4-6-17(18)13-19/h4-11H,2-3,12-14,19H2,1H3. The summed E-state index contributed by atoms with van der Waals surface area (Å²) in [6, 6.07) is 16.5. The first-order chi connectivity index (χ1) is 10.2. The van der Waals surface area contributed by atoms with E-state index in [2.05, 4.69) is 43.3 Å². The van der Waals surface area contributed by atoms with Gasteiger partial charge in [-0.3, -0.25) is 4.21 Å². The number of benzene rings is 2. The normalized spacial score (nSPS) is 12.3. The van der Waals surface area contributed by atoms with Crippen LogP contribution in [0.15, 0.2) is 48.5 Å². The van der Waals surface area contributed by atoms with E-state index in [1.54, 1.807) is 0 Å². The van der Waals surface area contributed by atoms with Crippen molar-refractivity contribution in [1.29, 1.82) is 0 Å². The molecule has 112 valence electrons. The van der Waals surface area contributed by atoms with Crippen molar-refractivity contribution < 1.29 is 4.21 Å². The summed E-state index contributed by atoms with van der Waals surface area (Å²) in [7, 11) is -0.748. The SMILES string of the molecule is CCCCS(=O)Cc1ccc(-c2ccccc2CN)cc1. The van der Waals surface area contributed by atoms with E-state index < -0.39 is 10.8 Å². The first-order valence-electron chi connectivity index (χ1n) is 7.47. The van der Waals surface area contributed by atoms with Gasteiger partial charge >= 0.3 is 0 Å². The molecule has 2 aromatic carbocycles. The van der Waals surface area contributed by atoms with E-state index in [9.17, 15) is 4.21 Å². The predicted molar refractivity (Wildman–Crippen MR) is 91.4 cm³/mol. The fourth-order valence-corrected chi connectivity index (χ4v) is 3.64. The highest BCUT2D eigenvalue weighted by Gasteiger charge is 2.05. The molecule has 0 heterocycles. The molecule has 0 saturated heterocycles. The first-order valence-corrected chi connectivity index (χ1v) is 8.95. The summed E-state index contributed by atoms with van der Waals surface area (Å²) >= 11 is 0. The Morgan fingerprint density at radius 1 is 1.05 bits per heavy atom. The van der Waals surface area contributed by atoms with Gasteiger partial charge in [-0.15, -0.1) is 0 Å². The summed E-state index contributed by atoms with van der Waals surface area (Å²) < 4.78 is 11.9. The topological polar surface area (TPSA) is 43.1 Å². The van der Waals surface area contributed by atoms with Crippen LogP contribution in [0.25, 0.3) is 11.1 Å². The van der Waals surface area contributed by atoms with Gasteiger partial charge in [0.1, 0.15) is 0 Å². The van der Waals surface area contributed by atoms with Gasteiger partial charge < -0.3 is 5.73 Å². The molecule has 2 nitrogen and oxygen atoms in total. The van der Waals surface area contributed by atoms with Gasteiger partial charge in [0.2, 0.25) is 0 Å². The molecule has 0 saturated carbocycles. The van der Waals surface area contributed by atoms with E-state index in [4.69, 9.17) is 5.73 Å². The van der Waals surface area contributed by atoms with E-state index in [-0.39, 0.29) is 0 Å². The van der Waals surface area contributed by atoms with Crippen molar-refractivity contribution >= 4 is 10.8 Å². The Kier molecular flexibility index (Phi) is 6.15. The third kappa shape index (κ3) is 4.51. The molecule has 0 bridgehead atoms. The largest absolute Gasteiger partial charge is 0.326 e. The number of unbranched alkanes of at least 4 members (excludes halogenated alkanes) is 1. The Bertz CT molecular complexity index is 592. The smallest absolute Gasteiger partial charge is 0.0485 e. The van der Waals surface area contributed by atoms with Gasteiger partial charge in [-0.05, 0) is 28.7 Å². The Hall–Kier alpha value is -1.45. The molecule has 0 aromatic heterocycles. The summed E-state index contributed by atoms with van der Waals surface area (Å²) in [5, 5.41) is 0. The Balaban J connectivity index is 2.10. The van der Waals surface area contributed by atoms with Crippen molar-refractivity contribution in [2.45, 2.75) is 32.1 Å². The second-order valence-electron chi connectivity index (χ2n) is 5.20. The maximum absolute atomic E-state index is 11.9. The number of hydrogen-bond donors (Lipinski definition) is 1. The number of nitrogens with two attached hydrogens (primary N) is 1. The lowest BCUT2D eigenvalue weighted by atomic mass is 9.99. The molecule has 0 aliphatic rings. The number of rotatable bonds is 7. The zero-order valence-electron chi connectivity index (χ0n) is 12.5. The molecular formula is C18H23NOS. The molecule has 2 N–H and O–H groups in total. The minimum atomic E-state index is -0.748. The summed E-state index contributed by atoms with van der Waals surface area (Å²) in [5.74, 6) is 1.45. The molecular weight excluding hydrogens is 278 g/mol. The van der Waals surface area contributed by atoms with Crippen molar-refractivity contribution in [3.05, 3.63) is 59.7 Å². The van der Waals surface area contributed by atoms with Crippen LogP contribution in [0.1, 0.15) is 30.9 Å². The molecule has 0 radical (unpaired) electrons. The predicted octanol–water partition coefficient (Wildman–Crippen LogP) is 3.86. The highest BCUT2D eigenvalue weighted by Crippen LogP contribution is 2.24. The molecule has 0 aliphatic carbocycles. The summed E-state index contributed by atoms with van der Waals surface area (Å²) in [6.45, 7) is 2.67. The fourth-order valence-electron chi connectivity index (χ4n) is 2.32. The van der Waals surface area contributed by atoms with Crippen LogP contribution >= 0.6 is 0 Å². The van der Waals surface area contributed by atoms with Gasteiger partial charge in [-0.25, -0.2) is 0 Å². The second-order valence-corrected chi connectivity index (χ2v) is 6.78. The van der Waals surface area contributed by atoms with Gasteiger partial charge in [0, 0.05) is 28.9 Å². The quantitative estimate of drug-likeness (QED) is 0.844. The molecule has 3 heteroatoms.